The van der Waals surface area contributed by atoms with Crippen LogP contribution in [0.25, 0.3) is 11.3 Å². The van der Waals surface area contributed by atoms with Crippen LogP contribution in [0.15, 0.2) is 53.5 Å². The van der Waals surface area contributed by atoms with Crippen LogP contribution in [0, 0.1) is 5.92 Å². The summed E-state index contributed by atoms with van der Waals surface area (Å²) in [6.45, 7) is 4.53. The number of aromatic nitrogens is 4. The number of benzene rings is 1. The van der Waals surface area contributed by atoms with Gasteiger partial charge in [-0.3, -0.25) is 4.79 Å². The van der Waals surface area contributed by atoms with Gasteiger partial charge in [-0.1, -0.05) is 80.3 Å². The Kier molecular flexibility index (Phi) is 8.12. The molecular weight excluding hydrogens is 438 g/mol. The first-order valence-corrected chi connectivity index (χ1v) is 13.1. The number of thioether (sulfide) groups is 1. The van der Waals surface area contributed by atoms with Crippen molar-refractivity contribution in [1.29, 1.82) is 0 Å². The van der Waals surface area contributed by atoms with Crippen molar-refractivity contribution in [3.05, 3.63) is 54.2 Å². The zero-order chi connectivity index (χ0) is 22.2. The van der Waals surface area contributed by atoms with Crippen LogP contribution in [0.2, 0.25) is 0 Å². The summed E-state index contributed by atoms with van der Waals surface area (Å²) in [5.74, 6) is 1.96. The summed E-state index contributed by atoms with van der Waals surface area (Å²) < 4.78 is 2.09. The van der Waals surface area contributed by atoms with Crippen LogP contribution in [0.3, 0.4) is 0 Å². The molecule has 4 rings (SSSR count). The summed E-state index contributed by atoms with van der Waals surface area (Å²) in [6, 6.07) is 9.95. The Balaban J connectivity index is 1.31. The summed E-state index contributed by atoms with van der Waals surface area (Å²) in [4.78, 5) is 17.0. The minimum atomic E-state index is -0.0964. The predicted octanol–water partition coefficient (Wildman–Crippen LogP) is 5.83. The maximum absolute atomic E-state index is 12.5. The monoisotopic (exact) mass is 467 g/mol. The van der Waals surface area contributed by atoms with Gasteiger partial charge in [0.2, 0.25) is 5.91 Å². The molecule has 0 saturated heterocycles. The topological polar surface area (TPSA) is 72.7 Å². The highest BCUT2D eigenvalue weighted by Gasteiger charge is 2.18. The molecule has 0 aliphatic heterocycles. The van der Waals surface area contributed by atoms with Crippen molar-refractivity contribution >= 4 is 34.1 Å². The van der Waals surface area contributed by atoms with Crippen LogP contribution in [0.5, 0.6) is 0 Å². The molecule has 1 aliphatic rings. The third kappa shape index (κ3) is 6.07. The number of aryl methyl sites for hydroxylation is 1. The first-order valence-electron chi connectivity index (χ1n) is 11.2. The minimum Gasteiger partial charge on any atom is -0.302 e. The Hall–Kier alpha value is -2.45. The lowest BCUT2D eigenvalue weighted by molar-refractivity contribution is -0.113. The Labute approximate surface area is 197 Å². The van der Waals surface area contributed by atoms with Gasteiger partial charge < -0.3 is 9.88 Å². The molecule has 1 fully saturated rings. The van der Waals surface area contributed by atoms with E-state index in [9.17, 15) is 4.79 Å². The van der Waals surface area contributed by atoms with E-state index < -0.39 is 0 Å². The number of hydrogen-bond acceptors (Lipinski definition) is 6. The first kappa shape index (κ1) is 22.7. The normalized spacial score (nSPS) is 14.4. The lowest BCUT2D eigenvalue weighted by atomic mass is 9.86. The van der Waals surface area contributed by atoms with E-state index in [0.29, 0.717) is 11.7 Å². The second-order valence-electron chi connectivity index (χ2n) is 8.08. The quantitative estimate of drug-likeness (QED) is 0.300. The van der Waals surface area contributed by atoms with E-state index in [1.54, 1.807) is 0 Å². The molecule has 3 aromatic rings. The summed E-state index contributed by atoms with van der Waals surface area (Å²) in [7, 11) is 0. The Morgan fingerprint density at radius 3 is 2.81 bits per heavy atom. The van der Waals surface area contributed by atoms with Gasteiger partial charge in [-0.2, -0.15) is 0 Å². The number of nitrogens with zero attached hydrogens (tertiary/aromatic N) is 4. The molecule has 168 valence electrons. The van der Waals surface area contributed by atoms with E-state index in [0.717, 1.165) is 41.0 Å². The van der Waals surface area contributed by atoms with Crippen molar-refractivity contribution in [2.24, 2.45) is 5.92 Å². The zero-order valence-corrected chi connectivity index (χ0v) is 19.8. The number of anilines is 1. The van der Waals surface area contributed by atoms with E-state index in [4.69, 9.17) is 0 Å². The summed E-state index contributed by atoms with van der Waals surface area (Å²) >= 11 is 2.84. The summed E-state index contributed by atoms with van der Waals surface area (Å²) in [5, 5.41) is 15.0. The van der Waals surface area contributed by atoms with Gasteiger partial charge in [0.15, 0.2) is 10.3 Å². The van der Waals surface area contributed by atoms with E-state index >= 15 is 0 Å². The third-order valence-electron chi connectivity index (χ3n) is 5.76. The number of carbonyl (C=O) groups is 1. The molecule has 0 spiro atoms. The molecule has 0 radical (unpaired) electrons. The Bertz CT molecular complexity index is 1020. The van der Waals surface area contributed by atoms with E-state index in [1.165, 1.54) is 55.2 Å². The largest absolute Gasteiger partial charge is 0.302 e. The molecule has 6 nitrogen and oxygen atoms in total. The van der Waals surface area contributed by atoms with Crippen LogP contribution in [0.1, 0.15) is 44.3 Å². The SMILES string of the molecule is C=CCn1c(CCC2CCCCC2)nnc1SCC(=O)Nc1nc(-c2ccccc2)cs1. The van der Waals surface area contributed by atoms with Crippen LogP contribution in [-0.2, 0) is 17.8 Å². The molecule has 0 atom stereocenters. The molecule has 1 N–H and O–H groups in total. The lowest BCUT2D eigenvalue weighted by Crippen LogP contribution is -2.15. The fraction of sp³-hybridized carbons (Fsp3) is 0.417. The van der Waals surface area contributed by atoms with Gasteiger partial charge in [-0.05, 0) is 12.3 Å². The third-order valence-corrected chi connectivity index (χ3v) is 7.48. The molecule has 8 heteroatoms. The molecular formula is C24H29N5OS2. The molecule has 2 heterocycles. The second-order valence-corrected chi connectivity index (χ2v) is 9.88. The molecule has 1 aromatic carbocycles. The Morgan fingerprint density at radius 2 is 2.03 bits per heavy atom. The maximum atomic E-state index is 12.5. The van der Waals surface area contributed by atoms with Crippen molar-refractivity contribution in [2.75, 3.05) is 11.1 Å². The van der Waals surface area contributed by atoms with Crippen molar-refractivity contribution in [3.63, 3.8) is 0 Å². The molecule has 32 heavy (non-hydrogen) atoms. The first-order chi connectivity index (χ1) is 15.7. The number of thiazole rings is 1. The fourth-order valence-electron chi connectivity index (χ4n) is 4.09. The average Bonchev–Trinajstić information content (AvgIpc) is 3.45. The van der Waals surface area contributed by atoms with Gasteiger partial charge >= 0.3 is 0 Å². The molecule has 0 unspecified atom stereocenters. The van der Waals surface area contributed by atoms with Gasteiger partial charge in [-0.25, -0.2) is 4.98 Å². The van der Waals surface area contributed by atoms with E-state index in [-0.39, 0.29) is 11.7 Å². The second kappa shape index (κ2) is 11.4. The zero-order valence-electron chi connectivity index (χ0n) is 18.2. The number of nitrogens with one attached hydrogen (secondary N) is 1. The van der Waals surface area contributed by atoms with Gasteiger partial charge in [0.05, 0.1) is 11.4 Å². The maximum Gasteiger partial charge on any atom is 0.236 e. The molecule has 1 amide bonds. The summed E-state index contributed by atoms with van der Waals surface area (Å²) in [6.07, 6.45) is 10.7. The number of allylic oxidation sites excluding steroid dienone is 1. The van der Waals surface area contributed by atoms with Gasteiger partial charge in [-0.15, -0.1) is 28.1 Å². The number of hydrogen-bond donors (Lipinski definition) is 1. The standard InChI is InChI=1S/C24H29N5OS2/c1-2-15-29-21(14-13-18-9-5-3-6-10-18)27-28-24(29)32-17-22(30)26-23-25-20(16-31-23)19-11-7-4-8-12-19/h2,4,7-8,11-12,16,18H,1,3,5-6,9-10,13-15,17H2,(H,25,26,30). The number of rotatable bonds is 10. The van der Waals surface area contributed by atoms with Crippen LogP contribution in [0.4, 0.5) is 5.13 Å². The predicted molar refractivity (Wildman–Crippen MR) is 132 cm³/mol. The highest BCUT2D eigenvalue weighted by atomic mass is 32.2. The highest BCUT2D eigenvalue weighted by Crippen LogP contribution is 2.28. The fourth-order valence-corrected chi connectivity index (χ4v) is 5.59. The number of amides is 1. The molecule has 1 aliphatic carbocycles. The van der Waals surface area contributed by atoms with Crippen molar-refractivity contribution in [3.8, 4) is 11.3 Å². The van der Waals surface area contributed by atoms with Gasteiger partial charge in [0, 0.05) is 23.9 Å². The van der Waals surface area contributed by atoms with Gasteiger partial charge in [0.1, 0.15) is 5.82 Å². The van der Waals surface area contributed by atoms with Crippen LogP contribution >= 0.6 is 23.1 Å². The van der Waals surface area contributed by atoms with Crippen molar-refractivity contribution < 1.29 is 4.79 Å². The molecule has 1 saturated carbocycles. The highest BCUT2D eigenvalue weighted by molar-refractivity contribution is 7.99. The number of carbonyl (C=O) groups excluding carboxylic acids is 1. The average molecular weight is 468 g/mol. The van der Waals surface area contributed by atoms with Gasteiger partial charge in [0.25, 0.3) is 0 Å². The van der Waals surface area contributed by atoms with Crippen molar-refractivity contribution in [1.82, 2.24) is 19.7 Å². The molecule has 2 aromatic heterocycles. The summed E-state index contributed by atoms with van der Waals surface area (Å²) in [5.41, 5.74) is 1.91. The molecule has 0 bridgehead atoms. The Morgan fingerprint density at radius 1 is 1.22 bits per heavy atom. The van der Waals surface area contributed by atoms with E-state index in [2.05, 4.69) is 31.6 Å². The van der Waals surface area contributed by atoms with Crippen LogP contribution < -0.4 is 5.32 Å². The van der Waals surface area contributed by atoms with E-state index in [1.807, 2.05) is 41.8 Å². The minimum absolute atomic E-state index is 0.0964. The van der Waals surface area contributed by atoms with Crippen molar-refractivity contribution in [2.45, 2.75) is 56.6 Å². The lowest BCUT2D eigenvalue weighted by Gasteiger charge is -2.21. The smallest absolute Gasteiger partial charge is 0.236 e. The van der Waals surface area contributed by atoms with Crippen LogP contribution in [-0.4, -0.2) is 31.4 Å².